The predicted octanol–water partition coefficient (Wildman–Crippen LogP) is 2.30. The van der Waals surface area contributed by atoms with Gasteiger partial charge in [0.15, 0.2) is 0 Å². The number of hydrogen-bond acceptors (Lipinski definition) is 5. The first-order chi connectivity index (χ1) is 11.5. The molecular weight excluding hydrogens is 312 g/mol. The number of carbonyl (C=O) groups excluding carboxylic acids is 2. The number of carbonyl (C=O) groups is 2. The normalized spacial score (nSPS) is 30.6. The molecule has 5 rings (SSSR count). The summed E-state index contributed by atoms with van der Waals surface area (Å²) in [5.41, 5.74) is 0.140. The third kappa shape index (κ3) is 1.90. The van der Waals surface area contributed by atoms with Crippen LogP contribution in [-0.2, 0) is 9.59 Å². The van der Waals surface area contributed by atoms with Crippen LogP contribution in [0.3, 0.4) is 0 Å². The van der Waals surface area contributed by atoms with Gasteiger partial charge in [0.05, 0.1) is 35.6 Å². The van der Waals surface area contributed by atoms with Gasteiger partial charge in [-0.2, -0.15) is 0 Å². The van der Waals surface area contributed by atoms with Crippen molar-refractivity contribution in [3.05, 3.63) is 40.5 Å². The summed E-state index contributed by atoms with van der Waals surface area (Å²) < 4.78 is 5.20. The highest BCUT2D eigenvalue weighted by Crippen LogP contribution is 2.51. The fourth-order valence-corrected chi connectivity index (χ4v) is 4.28. The molecule has 124 valence electrons. The van der Waals surface area contributed by atoms with Crippen molar-refractivity contribution in [3.63, 3.8) is 0 Å². The molecule has 7 heteroatoms. The van der Waals surface area contributed by atoms with Crippen LogP contribution in [0.5, 0.6) is 5.75 Å². The molecule has 2 amide bonds. The van der Waals surface area contributed by atoms with Gasteiger partial charge in [0.2, 0.25) is 11.8 Å². The number of rotatable bonds is 3. The van der Waals surface area contributed by atoms with Gasteiger partial charge >= 0.3 is 0 Å². The smallest absolute Gasteiger partial charge is 0.273 e. The molecule has 4 atom stereocenters. The molecule has 1 aromatic rings. The van der Waals surface area contributed by atoms with Gasteiger partial charge in [0.1, 0.15) is 5.75 Å². The summed E-state index contributed by atoms with van der Waals surface area (Å²) in [6.45, 7) is 0. The first-order valence-corrected chi connectivity index (χ1v) is 7.91. The van der Waals surface area contributed by atoms with Crippen molar-refractivity contribution < 1.29 is 19.2 Å². The maximum absolute atomic E-state index is 12.9. The van der Waals surface area contributed by atoms with Crippen molar-refractivity contribution in [1.82, 2.24) is 0 Å². The molecule has 2 fully saturated rings. The molecule has 0 N–H and O–H groups in total. The SMILES string of the molecule is COc1cc([N+](=O)[O-])ccc1N1C(=O)[C@H]2[C@H](C1=O)[C@H]1C=C[C@H]2CC1. The molecule has 1 aliphatic heterocycles. The number of methoxy groups -OCH3 is 1. The number of anilines is 1. The Kier molecular flexibility index (Phi) is 3.19. The summed E-state index contributed by atoms with van der Waals surface area (Å²) >= 11 is 0. The minimum absolute atomic E-state index is 0.102. The van der Waals surface area contributed by atoms with E-state index in [1.165, 1.54) is 25.3 Å². The number of amides is 2. The van der Waals surface area contributed by atoms with Crippen LogP contribution < -0.4 is 9.64 Å². The van der Waals surface area contributed by atoms with E-state index in [4.69, 9.17) is 4.74 Å². The Bertz CT molecular complexity index is 755. The standard InChI is InChI=1S/C17H16N2O5/c1-24-13-8-11(19(22)23)6-7-12(13)18-16(20)14-9-2-3-10(5-4-9)15(14)17(18)21/h2-3,6-10,14-15H,4-5H2,1H3/t9-,10-,14+,15+/m0/s1. The van der Waals surface area contributed by atoms with E-state index in [2.05, 4.69) is 12.2 Å². The Balaban J connectivity index is 1.77. The first-order valence-electron chi connectivity index (χ1n) is 7.91. The van der Waals surface area contributed by atoms with E-state index in [1.807, 2.05) is 0 Å². The summed E-state index contributed by atoms with van der Waals surface area (Å²) in [5.74, 6) is -0.726. The number of benzene rings is 1. The lowest BCUT2D eigenvalue weighted by Crippen LogP contribution is -2.38. The van der Waals surface area contributed by atoms with E-state index in [-0.39, 0.29) is 52.6 Å². The van der Waals surface area contributed by atoms with Crippen molar-refractivity contribution in [2.75, 3.05) is 12.0 Å². The van der Waals surface area contributed by atoms with E-state index >= 15 is 0 Å². The predicted molar refractivity (Wildman–Crippen MR) is 84.5 cm³/mol. The van der Waals surface area contributed by atoms with Crippen LogP contribution in [0.1, 0.15) is 12.8 Å². The van der Waals surface area contributed by atoms with Crippen LogP contribution in [0, 0.1) is 33.8 Å². The zero-order valence-electron chi connectivity index (χ0n) is 13.0. The maximum Gasteiger partial charge on any atom is 0.273 e. The number of nitrogens with zero attached hydrogens (tertiary/aromatic N) is 2. The highest BCUT2D eigenvalue weighted by molar-refractivity contribution is 6.23. The molecule has 0 radical (unpaired) electrons. The molecule has 0 unspecified atom stereocenters. The Morgan fingerprint density at radius 3 is 2.17 bits per heavy atom. The first kappa shape index (κ1) is 14.9. The van der Waals surface area contributed by atoms with Gasteiger partial charge in [-0.1, -0.05) is 12.2 Å². The van der Waals surface area contributed by atoms with Crippen molar-refractivity contribution in [2.45, 2.75) is 12.8 Å². The fraction of sp³-hybridized carbons (Fsp3) is 0.412. The average molecular weight is 328 g/mol. The number of nitro benzene ring substituents is 1. The second kappa shape index (κ2) is 5.15. The Hall–Kier alpha value is -2.70. The van der Waals surface area contributed by atoms with E-state index in [0.29, 0.717) is 0 Å². The fourth-order valence-electron chi connectivity index (χ4n) is 4.28. The Morgan fingerprint density at radius 2 is 1.71 bits per heavy atom. The average Bonchev–Trinajstić information content (AvgIpc) is 2.88. The van der Waals surface area contributed by atoms with Crippen LogP contribution >= 0.6 is 0 Å². The Morgan fingerprint density at radius 1 is 1.12 bits per heavy atom. The minimum Gasteiger partial charge on any atom is -0.494 e. The third-order valence-corrected chi connectivity index (χ3v) is 5.37. The van der Waals surface area contributed by atoms with E-state index in [0.717, 1.165) is 17.7 Å². The van der Waals surface area contributed by atoms with Gasteiger partial charge < -0.3 is 4.74 Å². The maximum atomic E-state index is 12.9. The summed E-state index contributed by atoms with van der Waals surface area (Å²) in [4.78, 5) is 37.4. The van der Waals surface area contributed by atoms with Crippen LogP contribution in [0.25, 0.3) is 0 Å². The molecule has 3 aliphatic carbocycles. The highest BCUT2D eigenvalue weighted by Gasteiger charge is 2.57. The highest BCUT2D eigenvalue weighted by atomic mass is 16.6. The molecule has 24 heavy (non-hydrogen) atoms. The molecule has 1 heterocycles. The zero-order valence-corrected chi connectivity index (χ0v) is 13.0. The minimum atomic E-state index is -0.538. The Labute approximate surface area is 138 Å². The van der Waals surface area contributed by atoms with Crippen molar-refractivity contribution >= 4 is 23.2 Å². The van der Waals surface area contributed by atoms with Crippen LogP contribution in [0.4, 0.5) is 11.4 Å². The molecule has 0 aromatic heterocycles. The van der Waals surface area contributed by atoms with Crippen LogP contribution in [0.2, 0.25) is 0 Å². The third-order valence-electron chi connectivity index (χ3n) is 5.37. The lowest BCUT2D eigenvalue weighted by atomic mass is 9.63. The number of nitro groups is 1. The number of hydrogen-bond donors (Lipinski definition) is 0. The van der Waals surface area contributed by atoms with Gasteiger partial charge in [-0.25, -0.2) is 4.90 Å². The summed E-state index contributed by atoms with van der Waals surface area (Å²) in [6, 6.07) is 3.94. The van der Waals surface area contributed by atoms with Gasteiger partial charge in [-0.15, -0.1) is 0 Å². The molecule has 7 nitrogen and oxygen atoms in total. The lowest BCUT2D eigenvalue weighted by Gasteiger charge is -2.38. The zero-order chi connectivity index (χ0) is 17.0. The van der Waals surface area contributed by atoms with Gasteiger partial charge in [-0.3, -0.25) is 19.7 Å². The van der Waals surface area contributed by atoms with Crippen LogP contribution in [-0.4, -0.2) is 23.8 Å². The lowest BCUT2D eigenvalue weighted by molar-refractivity contribution is -0.384. The molecule has 4 aliphatic rings. The van der Waals surface area contributed by atoms with Crippen molar-refractivity contribution in [2.24, 2.45) is 23.7 Å². The molecule has 1 saturated carbocycles. The van der Waals surface area contributed by atoms with E-state index in [9.17, 15) is 19.7 Å². The second-order valence-corrected chi connectivity index (χ2v) is 6.47. The van der Waals surface area contributed by atoms with Gasteiger partial charge in [0, 0.05) is 6.07 Å². The summed E-state index contributed by atoms with van der Waals surface area (Å²) in [7, 11) is 1.37. The van der Waals surface area contributed by atoms with Crippen molar-refractivity contribution in [1.29, 1.82) is 0 Å². The van der Waals surface area contributed by atoms with Crippen LogP contribution in [0.15, 0.2) is 30.4 Å². The molecule has 2 bridgehead atoms. The number of fused-ring (bicyclic) bond motifs is 1. The van der Waals surface area contributed by atoms with Crippen molar-refractivity contribution in [3.8, 4) is 5.75 Å². The summed E-state index contributed by atoms with van der Waals surface area (Å²) in [6.07, 6.45) is 5.95. The molecule has 0 spiro atoms. The summed E-state index contributed by atoms with van der Waals surface area (Å²) in [5, 5.41) is 10.9. The second-order valence-electron chi connectivity index (χ2n) is 6.47. The van der Waals surface area contributed by atoms with E-state index in [1.54, 1.807) is 0 Å². The topological polar surface area (TPSA) is 89.8 Å². The number of non-ortho nitro benzene ring substituents is 1. The van der Waals surface area contributed by atoms with Gasteiger partial charge in [-0.05, 0) is 30.7 Å². The monoisotopic (exact) mass is 328 g/mol. The van der Waals surface area contributed by atoms with Gasteiger partial charge in [0.25, 0.3) is 5.69 Å². The molecule has 1 saturated heterocycles. The number of imide groups is 1. The molecular formula is C17H16N2O5. The number of ether oxygens (including phenoxy) is 1. The quantitative estimate of drug-likeness (QED) is 0.367. The number of allylic oxidation sites excluding steroid dienone is 2. The molecule has 1 aromatic carbocycles. The largest absolute Gasteiger partial charge is 0.494 e. The van der Waals surface area contributed by atoms with E-state index < -0.39 is 4.92 Å².